The highest BCUT2D eigenvalue weighted by atomic mass is 16.5. The first-order valence-electron chi connectivity index (χ1n) is 8.64. The number of anilines is 2. The number of nitrogens with one attached hydrogen (secondary N) is 1. The molecule has 0 bridgehead atoms. The van der Waals surface area contributed by atoms with Gasteiger partial charge in [0.15, 0.2) is 0 Å². The van der Waals surface area contributed by atoms with E-state index >= 15 is 0 Å². The predicted molar refractivity (Wildman–Crippen MR) is 104 cm³/mol. The Hall–Kier alpha value is -3.88. The standard InChI is InChI=1S/C20H19N3O6/c1-12-4-9-16(29-3)15(10-12)21-17(24)11-22-18(25)19(26)23(20(22)27)13-5-7-14(28-2)8-6-13/h4-10H,11H2,1-3H3,(H,21,24). The molecule has 3 rings (SSSR count). The Morgan fingerprint density at radius 1 is 0.966 bits per heavy atom. The van der Waals surface area contributed by atoms with Gasteiger partial charge in [-0.05, 0) is 48.9 Å². The number of hydrogen-bond acceptors (Lipinski definition) is 6. The molecule has 5 amide bonds. The minimum absolute atomic E-state index is 0.206. The fourth-order valence-electron chi connectivity index (χ4n) is 2.86. The quantitative estimate of drug-likeness (QED) is 0.590. The lowest BCUT2D eigenvalue weighted by molar-refractivity contribution is -0.140. The molecule has 1 saturated heterocycles. The fourth-order valence-corrected chi connectivity index (χ4v) is 2.86. The van der Waals surface area contributed by atoms with Crippen LogP contribution in [0.1, 0.15) is 5.56 Å². The van der Waals surface area contributed by atoms with Crippen molar-refractivity contribution in [2.75, 3.05) is 31.0 Å². The molecule has 0 aromatic heterocycles. The summed E-state index contributed by atoms with van der Waals surface area (Å²) in [6, 6.07) is 10.4. The summed E-state index contributed by atoms with van der Waals surface area (Å²) < 4.78 is 10.2. The second kappa shape index (κ2) is 8.01. The lowest BCUT2D eigenvalue weighted by atomic mass is 10.2. The third-order valence-electron chi connectivity index (χ3n) is 4.31. The van der Waals surface area contributed by atoms with Crippen LogP contribution in [0.3, 0.4) is 0 Å². The molecular formula is C20H19N3O6. The smallest absolute Gasteiger partial charge is 0.339 e. The Labute approximate surface area is 166 Å². The topological polar surface area (TPSA) is 105 Å². The summed E-state index contributed by atoms with van der Waals surface area (Å²) in [5, 5.41) is 2.60. The third kappa shape index (κ3) is 3.88. The number of urea groups is 1. The highest BCUT2D eigenvalue weighted by Gasteiger charge is 2.46. The molecule has 0 unspecified atom stereocenters. The van der Waals surface area contributed by atoms with E-state index in [2.05, 4.69) is 5.32 Å². The van der Waals surface area contributed by atoms with E-state index in [4.69, 9.17) is 9.47 Å². The first-order valence-corrected chi connectivity index (χ1v) is 8.64. The number of hydrogen-bond donors (Lipinski definition) is 1. The van der Waals surface area contributed by atoms with Crippen LogP contribution in [0, 0.1) is 6.92 Å². The highest BCUT2D eigenvalue weighted by molar-refractivity contribution is 6.53. The Morgan fingerprint density at radius 3 is 2.28 bits per heavy atom. The molecule has 9 nitrogen and oxygen atoms in total. The molecule has 2 aromatic rings. The van der Waals surface area contributed by atoms with Crippen LogP contribution < -0.4 is 19.7 Å². The minimum Gasteiger partial charge on any atom is -0.497 e. The normalized spacial score (nSPS) is 13.7. The zero-order valence-electron chi connectivity index (χ0n) is 16.1. The number of carbonyl (C=O) groups excluding carboxylic acids is 4. The molecule has 9 heteroatoms. The SMILES string of the molecule is COc1ccc(N2C(=O)C(=O)N(CC(=O)Nc3cc(C)ccc3OC)C2=O)cc1. The molecule has 0 saturated carbocycles. The summed E-state index contributed by atoms with van der Waals surface area (Å²) in [5.74, 6) is -1.78. The minimum atomic E-state index is -1.07. The van der Waals surface area contributed by atoms with E-state index in [-0.39, 0.29) is 5.69 Å². The van der Waals surface area contributed by atoms with Crippen LogP contribution in [-0.2, 0) is 14.4 Å². The number of rotatable bonds is 6. The highest BCUT2D eigenvalue weighted by Crippen LogP contribution is 2.26. The molecule has 29 heavy (non-hydrogen) atoms. The Balaban J connectivity index is 1.76. The van der Waals surface area contributed by atoms with Crippen molar-refractivity contribution in [2.45, 2.75) is 6.92 Å². The Morgan fingerprint density at radius 2 is 1.66 bits per heavy atom. The Kier molecular flexibility index (Phi) is 5.49. The summed E-state index contributed by atoms with van der Waals surface area (Å²) >= 11 is 0. The van der Waals surface area contributed by atoms with Crippen molar-refractivity contribution < 1.29 is 28.7 Å². The van der Waals surface area contributed by atoms with Gasteiger partial charge in [0.25, 0.3) is 0 Å². The molecule has 1 heterocycles. The molecule has 0 aliphatic carbocycles. The van der Waals surface area contributed by atoms with Gasteiger partial charge in [-0.3, -0.25) is 14.4 Å². The molecule has 1 N–H and O–H groups in total. The van der Waals surface area contributed by atoms with E-state index in [0.717, 1.165) is 10.5 Å². The van der Waals surface area contributed by atoms with E-state index in [1.54, 1.807) is 24.3 Å². The average Bonchev–Trinajstić information content (AvgIpc) is 2.91. The van der Waals surface area contributed by atoms with E-state index in [1.165, 1.54) is 26.4 Å². The van der Waals surface area contributed by atoms with Gasteiger partial charge in [0.05, 0.1) is 25.6 Å². The number of methoxy groups -OCH3 is 2. The largest absolute Gasteiger partial charge is 0.497 e. The van der Waals surface area contributed by atoms with E-state index in [9.17, 15) is 19.2 Å². The zero-order chi connectivity index (χ0) is 21.1. The molecule has 2 aromatic carbocycles. The van der Waals surface area contributed by atoms with Gasteiger partial charge in [0.2, 0.25) is 5.91 Å². The number of amides is 5. The van der Waals surface area contributed by atoms with Crippen LogP contribution in [0.5, 0.6) is 11.5 Å². The summed E-state index contributed by atoms with van der Waals surface area (Å²) in [5.41, 5.74) is 1.49. The average molecular weight is 397 g/mol. The van der Waals surface area contributed by atoms with Crippen LogP contribution in [0.2, 0.25) is 0 Å². The second-order valence-corrected chi connectivity index (χ2v) is 6.26. The summed E-state index contributed by atoms with van der Waals surface area (Å²) in [6.07, 6.45) is 0. The maximum Gasteiger partial charge on any atom is 0.339 e. The molecule has 1 aliphatic heterocycles. The first-order chi connectivity index (χ1) is 13.8. The van der Waals surface area contributed by atoms with Crippen LogP contribution in [0.25, 0.3) is 0 Å². The molecular weight excluding hydrogens is 378 g/mol. The second-order valence-electron chi connectivity index (χ2n) is 6.26. The molecule has 150 valence electrons. The lowest BCUT2D eigenvalue weighted by Gasteiger charge is -2.16. The number of ether oxygens (including phenoxy) is 2. The molecule has 0 spiro atoms. The molecule has 1 aliphatic rings. The summed E-state index contributed by atoms with van der Waals surface area (Å²) in [4.78, 5) is 50.9. The van der Waals surface area contributed by atoms with Crippen molar-refractivity contribution in [2.24, 2.45) is 0 Å². The maximum atomic E-state index is 12.6. The number of nitrogens with zero attached hydrogens (tertiary/aromatic N) is 2. The van der Waals surface area contributed by atoms with Crippen LogP contribution >= 0.6 is 0 Å². The van der Waals surface area contributed by atoms with Gasteiger partial charge in [-0.25, -0.2) is 14.6 Å². The van der Waals surface area contributed by atoms with Crippen molar-refractivity contribution in [3.05, 3.63) is 48.0 Å². The third-order valence-corrected chi connectivity index (χ3v) is 4.31. The molecule has 0 radical (unpaired) electrons. The predicted octanol–water partition coefficient (Wildman–Crippen LogP) is 1.95. The van der Waals surface area contributed by atoms with Crippen LogP contribution in [0.15, 0.2) is 42.5 Å². The number of aryl methyl sites for hydroxylation is 1. The van der Waals surface area contributed by atoms with Gasteiger partial charge in [-0.1, -0.05) is 6.07 Å². The number of carbonyl (C=O) groups is 4. The summed E-state index contributed by atoms with van der Waals surface area (Å²) in [6.45, 7) is 1.24. The van der Waals surface area contributed by atoms with Gasteiger partial charge in [-0.2, -0.15) is 0 Å². The van der Waals surface area contributed by atoms with Crippen LogP contribution in [-0.4, -0.2) is 49.4 Å². The van der Waals surface area contributed by atoms with Gasteiger partial charge in [0, 0.05) is 0 Å². The number of imide groups is 2. The van der Waals surface area contributed by atoms with Crippen molar-refractivity contribution >= 4 is 35.1 Å². The van der Waals surface area contributed by atoms with Gasteiger partial charge >= 0.3 is 17.8 Å². The van der Waals surface area contributed by atoms with E-state index < -0.39 is 30.3 Å². The number of benzene rings is 2. The van der Waals surface area contributed by atoms with Crippen molar-refractivity contribution in [1.29, 1.82) is 0 Å². The Bertz CT molecular complexity index is 986. The van der Waals surface area contributed by atoms with Gasteiger partial charge in [-0.15, -0.1) is 0 Å². The van der Waals surface area contributed by atoms with E-state index in [0.29, 0.717) is 22.1 Å². The van der Waals surface area contributed by atoms with Crippen molar-refractivity contribution in [3.63, 3.8) is 0 Å². The molecule has 0 atom stereocenters. The monoisotopic (exact) mass is 397 g/mol. The van der Waals surface area contributed by atoms with Gasteiger partial charge in [0.1, 0.15) is 18.0 Å². The molecule has 1 fully saturated rings. The van der Waals surface area contributed by atoms with Crippen molar-refractivity contribution in [1.82, 2.24) is 4.90 Å². The van der Waals surface area contributed by atoms with E-state index in [1.807, 2.05) is 13.0 Å². The van der Waals surface area contributed by atoms with Crippen LogP contribution in [0.4, 0.5) is 16.2 Å². The summed E-state index contributed by atoms with van der Waals surface area (Å²) in [7, 11) is 2.94. The zero-order valence-corrected chi connectivity index (χ0v) is 16.1. The van der Waals surface area contributed by atoms with Crippen molar-refractivity contribution in [3.8, 4) is 11.5 Å². The first kappa shape index (κ1) is 19.9. The van der Waals surface area contributed by atoms with Gasteiger partial charge < -0.3 is 14.8 Å². The lowest BCUT2D eigenvalue weighted by Crippen LogP contribution is -2.39. The fraction of sp³-hybridized carbons (Fsp3) is 0.200. The maximum absolute atomic E-state index is 12.6.